The Labute approximate surface area is 157 Å². The fourth-order valence-corrected chi connectivity index (χ4v) is 6.43. The van der Waals surface area contributed by atoms with E-state index in [1.165, 1.54) is 15.4 Å². The van der Waals surface area contributed by atoms with E-state index in [1.54, 1.807) is 24.8 Å². The van der Waals surface area contributed by atoms with Crippen LogP contribution < -0.4 is 10.6 Å². The molecule has 2 aliphatic heterocycles. The molecule has 1 fully saturated rings. The summed E-state index contributed by atoms with van der Waals surface area (Å²) >= 11 is 6.46. The van der Waals surface area contributed by atoms with Crippen molar-refractivity contribution in [1.82, 2.24) is 14.5 Å². The highest BCUT2D eigenvalue weighted by molar-refractivity contribution is 8.76. The predicted octanol–water partition coefficient (Wildman–Crippen LogP) is 2.91. The molecule has 25 heavy (non-hydrogen) atoms. The van der Waals surface area contributed by atoms with Crippen molar-refractivity contribution in [3.8, 4) is 0 Å². The number of anilines is 1. The predicted molar refractivity (Wildman–Crippen MR) is 104 cm³/mol. The zero-order valence-electron chi connectivity index (χ0n) is 14.2. The van der Waals surface area contributed by atoms with Gasteiger partial charge in [0.1, 0.15) is 11.6 Å². The first kappa shape index (κ1) is 17.5. The third-order valence-corrected chi connectivity index (χ3v) is 7.85. The van der Waals surface area contributed by atoms with Gasteiger partial charge in [-0.2, -0.15) is 4.98 Å². The largest absolute Gasteiger partial charge is 0.349 e. The van der Waals surface area contributed by atoms with E-state index in [0.717, 1.165) is 25.4 Å². The Morgan fingerprint density at radius 3 is 2.84 bits per heavy atom. The van der Waals surface area contributed by atoms with E-state index in [-0.39, 0.29) is 22.6 Å². The van der Waals surface area contributed by atoms with Crippen LogP contribution in [0.15, 0.2) is 9.69 Å². The van der Waals surface area contributed by atoms with Gasteiger partial charge in [0.2, 0.25) is 0 Å². The van der Waals surface area contributed by atoms with Crippen LogP contribution in [-0.4, -0.2) is 52.9 Å². The van der Waals surface area contributed by atoms with Crippen LogP contribution in [0.3, 0.4) is 0 Å². The molecule has 0 N–H and O–H groups in total. The van der Waals surface area contributed by atoms with E-state index in [2.05, 4.69) is 21.8 Å². The van der Waals surface area contributed by atoms with Crippen LogP contribution in [0, 0.1) is 12.7 Å². The number of likely N-dealkylation sites (N-methyl/N-ethyl adjacent to an activating group) is 1. The van der Waals surface area contributed by atoms with Crippen LogP contribution >= 0.6 is 33.2 Å². The van der Waals surface area contributed by atoms with E-state index in [0.29, 0.717) is 27.2 Å². The molecule has 1 aromatic carbocycles. The van der Waals surface area contributed by atoms with E-state index >= 15 is 0 Å². The average Bonchev–Trinajstić information content (AvgIpc) is 2.57. The Bertz CT molecular complexity index is 935. The quantitative estimate of drug-likeness (QED) is 0.633. The second-order valence-electron chi connectivity index (χ2n) is 6.56. The summed E-state index contributed by atoms with van der Waals surface area (Å²) in [6, 6.07) is 0.232. The van der Waals surface area contributed by atoms with Crippen LogP contribution in [0.4, 0.5) is 10.2 Å². The maximum Gasteiger partial charge on any atom is 0.349 e. The van der Waals surface area contributed by atoms with Crippen molar-refractivity contribution in [2.75, 3.05) is 37.3 Å². The number of hydrogen-bond acceptors (Lipinski definition) is 6. The molecule has 0 spiro atoms. The maximum atomic E-state index is 15.0. The Hall–Kier alpha value is -0.960. The second kappa shape index (κ2) is 6.33. The third kappa shape index (κ3) is 2.65. The smallest absolute Gasteiger partial charge is 0.349 e. The molecular weight excluding hydrogens is 383 g/mol. The van der Waals surface area contributed by atoms with Crippen molar-refractivity contribution in [2.45, 2.75) is 17.9 Å². The van der Waals surface area contributed by atoms with Crippen LogP contribution in [-0.2, 0) is 7.05 Å². The lowest BCUT2D eigenvalue weighted by Gasteiger charge is -2.42. The number of piperazine rings is 1. The number of aryl methyl sites for hydroxylation is 1. The summed E-state index contributed by atoms with van der Waals surface area (Å²) in [6.45, 7) is 4.18. The minimum absolute atomic E-state index is 0.232. The summed E-state index contributed by atoms with van der Waals surface area (Å²) in [5.74, 6) is 1.09. The fraction of sp³-hybridized carbons (Fsp3) is 0.500. The highest BCUT2D eigenvalue weighted by Crippen LogP contribution is 2.47. The molecule has 9 heteroatoms. The zero-order valence-corrected chi connectivity index (χ0v) is 16.6. The van der Waals surface area contributed by atoms with E-state index < -0.39 is 0 Å². The van der Waals surface area contributed by atoms with Crippen molar-refractivity contribution in [3.63, 3.8) is 0 Å². The molecule has 1 aromatic heterocycles. The first-order valence-corrected chi connectivity index (χ1v) is 10.7. The van der Waals surface area contributed by atoms with Gasteiger partial charge < -0.3 is 9.80 Å². The molecule has 1 atom stereocenters. The lowest BCUT2D eigenvalue weighted by Crippen LogP contribution is -2.54. The van der Waals surface area contributed by atoms with Crippen molar-refractivity contribution in [3.05, 3.63) is 26.9 Å². The van der Waals surface area contributed by atoms with Gasteiger partial charge in [0.05, 0.1) is 26.9 Å². The molecule has 2 aliphatic rings. The normalized spacial score (nSPS) is 21.2. The molecule has 2 aromatic rings. The fourth-order valence-electron chi connectivity index (χ4n) is 3.50. The summed E-state index contributed by atoms with van der Waals surface area (Å²) in [5.41, 5.74) is 0.579. The lowest BCUT2D eigenvalue weighted by atomic mass is 10.1. The summed E-state index contributed by atoms with van der Waals surface area (Å²) in [4.78, 5) is 21.8. The molecule has 5 nitrogen and oxygen atoms in total. The zero-order chi connectivity index (χ0) is 17.9. The highest BCUT2D eigenvalue weighted by Gasteiger charge is 2.33. The molecule has 0 bridgehead atoms. The van der Waals surface area contributed by atoms with Crippen LogP contribution in [0.25, 0.3) is 10.9 Å². The van der Waals surface area contributed by atoms with Gasteiger partial charge in [-0.05, 0) is 14.0 Å². The molecule has 0 radical (unpaired) electrons. The van der Waals surface area contributed by atoms with Crippen LogP contribution in [0.1, 0.15) is 5.56 Å². The van der Waals surface area contributed by atoms with Crippen LogP contribution in [0.2, 0.25) is 5.02 Å². The number of halogens is 2. The molecule has 1 saturated heterocycles. The molecule has 0 amide bonds. The highest BCUT2D eigenvalue weighted by atomic mass is 35.5. The Kier molecular flexibility index (Phi) is 4.42. The topological polar surface area (TPSA) is 41.4 Å². The van der Waals surface area contributed by atoms with E-state index in [1.807, 2.05) is 0 Å². The maximum absolute atomic E-state index is 15.0. The molecule has 0 aliphatic carbocycles. The Balaban J connectivity index is 2.10. The number of benzene rings is 1. The van der Waals surface area contributed by atoms with Crippen molar-refractivity contribution in [2.24, 2.45) is 7.05 Å². The molecular formula is C16H18ClFN4OS2. The number of nitrogens with zero attached hydrogens (tertiary/aromatic N) is 4. The first-order chi connectivity index (χ1) is 11.9. The molecule has 0 saturated carbocycles. The van der Waals surface area contributed by atoms with Crippen molar-refractivity contribution < 1.29 is 4.39 Å². The minimum Gasteiger partial charge on any atom is -0.349 e. The molecule has 4 rings (SSSR count). The van der Waals surface area contributed by atoms with Gasteiger partial charge in [0.25, 0.3) is 0 Å². The number of hydrogen-bond donors (Lipinski definition) is 0. The first-order valence-electron chi connectivity index (χ1n) is 8.03. The van der Waals surface area contributed by atoms with Crippen molar-refractivity contribution in [1.29, 1.82) is 0 Å². The minimum atomic E-state index is -0.364. The second-order valence-corrected chi connectivity index (χ2v) is 9.29. The SMILES string of the molecule is Cc1c(F)c2c3c(nc(=O)n(C)c3c1Cl)N1CCN(C)CC1CSS2. The molecule has 134 valence electrons. The van der Waals surface area contributed by atoms with E-state index in [4.69, 9.17) is 11.6 Å². The number of rotatable bonds is 0. The van der Waals surface area contributed by atoms with Gasteiger partial charge in [-0.1, -0.05) is 33.2 Å². The summed E-state index contributed by atoms with van der Waals surface area (Å²) in [6.07, 6.45) is 0. The Morgan fingerprint density at radius 1 is 1.32 bits per heavy atom. The monoisotopic (exact) mass is 400 g/mol. The third-order valence-electron chi connectivity index (χ3n) is 4.94. The summed E-state index contributed by atoms with van der Waals surface area (Å²) in [7, 11) is 6.79. The average molecular weight is 401 g/mol. The number of aromatic nitrogens is 2. The van der Waals surface area contributed by atoms with Gasteiger partial charge in [-0.15, -0.1) is 0 Å². The van der Waals surface area contributed by atoms with Crippen molar-refractivity contribution >= 4 is 49.9 Å². The molecule has 3 heterocycles. The van der Waals surface area contributed by atoms with Gasteiger partial charge in [-0.25, -0.2) is 9.18 Å². The van der Waals surface area contributed by atoms with Gasteiger partial charge in [0.15, 0.2) is 0 Å². The summed E-state index contributed by atoms with van der Waals surface area (Å²) < 4.78 is 16.4. The standard InChI is InChI=1S/C16H18ClFN4OS2/c1-8-11(17)13-10-14(12(8)18)25-24-7-9-6-20(2)4-5-22(9)15(10)19-16(23)21(13)3/h9H,4-7H2,1-3H3. The van der Waals surface area contributed by atoms with Gasteiger partial charge in [0, 0.05) is 38.0 Å². The lowest BCUT2D eigenvalue weighted by molar-refractivity contribution is 0.277. The summed E-state index contributed by atoms with van der Waals surface area (Å²) in [5, 5.41) is 0.943. The molecule has 1 unspecified atom stereocenters. The Morgan fingerprint density at radius 2 is 2.08 bits per heavy atom. The van der Waals surface area contributed by atoms with Gasteiger partial charge >= 0.3 is 5.69 Å². The van der Waals surface area contributed by atoms with Gasteiger partial charge in [-0.3, -0.25) is 4.57 Å². The van der Waals surface area contributed by atoms with E-state index in [9.17, 15) is 9.18 Å². The number of fused-ring (bicyclic) bond motifs is 2. The van der Waals surface area contributed by atoms with Crippen LogP contribution in [0.5, 0.6) is 0 Å².